The molecule has 2 nitrogen and oxygen atoms in total. The van der Waals surface area contributed by atoms with Crippen molar-refractivity contribution in [1.82, 2.24) is 5.32 Å². The first kappa shape index (κ1) is 12.9. The first-order valence-corrected chi connectivity index (χ1v) is 8.19. The fraction of sp³-hybridized carbons (Fsp3) is 1.00. The lowest BCUT2D eigenvalue weighted by Crippen LogP contribution is -2.46. The van der Waals surface area contributed by atoms with Gasteiger partial charge in [-0.2, -0.15) is 0 Å². The normalized spacial score (nSPS) is 45.5. The monoisotopic (exact) mass is 251 g/mol. The first-order valence-electron chi connectivity index (χ1n) is 8.19. The van der Waals surface area contributed by atoms with Crippen molar-refractivity contribution < 1.29 is 4.74 Å². The third-order valence-corrected chi connectivity index (χ3v) is 5.50. The topological polar surface area (TPSA) is 21.3 Å². The highest BCUT2D eigenvalue weighted by atomic mass is 16.5. The van der Waals surface area contributed by atoms with Gasteiger partial charge >= 0.3 is 0 Å². The molecular weight excluding hydrogens is 222 g/mol. The van der Waals surface area contributed by atoms with Gasteiger partial charge in [0.2, 0.25) is 0 Å². The Labute approximate surface area is 112 Å². The minimum Gasteiger partial charge on any atom is -0.378 e. The maximum atomic E-state index is 5.64. The average Bonchev–Trinajstić information content (AvgIpc) is 2.39. The molecule has 3 rings (SSSR count). The molecule has 0 aromatic heterocycles. The fourth-order valence-electron chi connectivity index (χ4n) is 4.51. The van der Waals surface area contributed by atoms with Gasteiger partial charge in [0.05, 0.1) is 6.10 Å². The van der Waals surface area contributed by atoms with E-state index in [4.69, 9.17) is 4.74 Å². The van der Waals surface area contributed by atoms with Crippen LogP contribution in [0.2, 0.25) is 0 Å². The molecule has 5 atom stereocenters. The molecule has 0 radical (unpaired) electrons. The van der Waals surface area contributed by atoms with E-state index >= 15 is 0 Å². The second-order valence-electron chi connectivity index (χ2n) is 6.88. The van der Waals surface area contributed by atoms with E-state index in [2.05, 4.69) is 12.2 Å². The molecule has 0 spiro atoms. The Morgan fingerprint density at radius 1 is 0.833 bits per heavy atom. The number of nitrogens with one attached hydrogen (secondary N) is 1. The summed E-state index contributed by atoms with van der Waals surface area (Å²) in [6.07, 6.45) is 13.3. The largest absolute Gasteiger partial charge is 0.378 e. The molecule has 104 valence electrons. The van der Waals surface area contributed by atoms with E-state index in [0.717, 1.165) is 30.5 Å². The lowest BCUT2D eigenvalue weighted by Gasteiger charge is -2.41. The molecule has 0 amide bonds. The summed E-state index contributed by atoms with van der Waals surface area (Å²) in [6.45, 7) is 3.17. The van der Waals surface area contributed by atoms with Gasteiger partial charge < -0.3 is 10.1 Å². The molecule has 1 saturated heterocycles. The van der Waals surface area contributed by atoms with Gasteiger partial charge in [-0.1, -0.05) is 25.7 Å². The van der Waals surface area contributed by atoms with E-state index in [-0.39, 0.29) is 0 Å². The van der Waals surface area contributed by atoms with Crippen molar-refractivity contribution in [2.75, 3.05) is 6.61 Å². The van der Waals surface area contributed by atoms with Crippen molar-refractivity contribution in [3.05, 3.63) is 0 Å². The fourth-order valence-corrected chi connectivity index (χ4v) is 4.51. The molecule has 3 fully saturated rings. The van der Waals surface area contributed by atoms with Crippen molar-refractivity contribution in [3.63, 3.8) is 0 Å². The minimum atomic E-state index is 0.460. The highest BCUT2D eigenvalue weighted by Crippen LogP contribution is 2.40. The second-order valence-corrected chi connectivity index (χ2v) is 6.88. The molecule has 0 bridgehead atoms. The Morgan fingerprint density at radius 3 is 2.44 bits per heavy atom. The van der Waals surface area contributed by atoms with Crippen molar-refractivity contribution >= 4 is 0 Å². The summed E-state index contributed by atoms with van der Waals surface area (Å²) in [4.78, 5) is 0. The SMILES string of the molecule is CC1CC(NC2CCC3CCCCC3C2)CCO1. The van der Waals surface area contributed by atoms with E-state index < -0.39 is 0 Å². The van der Waals surface area contributed by atoms with Crippen LogP contribution in [0.1, 0.15) is 64.7 Å². The molecule has 1 heterocycles. The molecule has 0 aromatic carbocycles. The second kappa shape index (κ2) is 5.92. The molecule has 1 aliphatic heterocycles. The highest BCUT2D eigenvalue weighted by Gasteiger charge is 2.33. The number of hydrogen-bond acceptors (Lipinski definition) is 2. The van der Waals surface area contributed by atoms with Gasteiger partial charge in [0, 0.05) is 18.7 Å². The van der Waals surface area contributed by atoms with Crippen molar-refractivity contribution in [2.45, 2.75) is 82.9 Å². The number of rotatable bonds is 2. The van der Waals surface area contributed by atoms with Crippen LogP contribution in [0.5, 0.6) is 0 Å². The van der Waals surface area contributed by atoms with Crippen LogP contribution in [0.25, 0.3) is 0 Å². The lowest BCUT2D eigenvalue weighted by molar-refractivity contribution is 0.00807. The molecule has 3 aliphatic rings. The van der Waals surface area contributed by atoms with Gasteiger partial charge in [0.1, 0.15) is 0 Å². The zero-order valence-electron chi connectivity index (χ0n) is 11.9. The quantitative estimate of drug-likeness (QED) is 0.811. The summed E-state index contributed by atoms with van der Waals surface area (Å²) < 4.78 is 5.64. The lowest BCUT2D eigenvalue weighted by atomic mass is 9.69. The summed E-state index contributed by atoms with van der Waals surface area (Å²) in [5, 5.41) is 3.94. The zero-order valence-corrected chi connectivity index (χ0v) is 11.9. The van der Waals surface area contributed by atoms with Crippen molar-refractivity contribution in [2.24, 2.45) is 11.8 Å². The molecular formula is C16H29NO. The number of fused-ring (bicyclic) bond motifs is 1. The minimum absolute atomic E-state index is 0.460. The van der Waals surface area contributed by atoms with Crippen LogP contribution in [0.15, 0.2) is 0 Å². The first-order chi connectivity index (χ1) is 8.81. The average molecular weight is 251 g/mol. The highest BCUT2D eigenvalue weighted by molar-refractivity contribution is 4.88. The maximum absolute atomic E-state index is 5.64. The van der Waals surface area contributed by atoms with Gasteiger partial charge in [-0.3, -0.25) is 0 Å². The molecule has 2 saturated carbocycles. The smallest absolute Gasteiger partial charge is 0.0561 e. The summed E-state index contributed by atoms with van der Waals surface area (Å²) in [5.74, 6) is 2.12. The Kier molecular flexibility index (Phi) is 4.25. The van der Waals surface area contributed by atoms with Gasteiger partial charge in [-0.05, 0) is 50.9 Å². The summed E-state index contributed by atoms with van der Waals surface area (Å²) >= 11 is 0. The Morgan fingerprint density at radius 2 is 1.61 bits per heavy atom. The molecule has 5 unspecified atom stereocenters. The van der Waals surface area contributed by atoms with Crippen LogP contribution >= 0.6 is 0 Å². The van der Waals surface area contributed by atoms with Crippen LogP contribution in [-0.2, 0) is 4.74 Å². The standard InChI is InChI=1S/C16H29NO/c1-12-10-16(8-9-18-12)17-15-7-6-13-4-2-3-5-14(13)11-15/h12-17H,2-11H2,1H3. The molecule has 2 heteroatoms. The van der Waals surface area contributed by atoms with Gasteiger partial charge in [-0.15, -0.1) is 0 Å². The summed E-state index contributed by atoms with van der Waals surface area (Å²) in [7, 11) is 0. The Hall–Kier alpha value is -0.0800. The Bertz CT molecular complexity index is 268. The van der Waals surface area contributed by atoms with Crippen LogP contribution in [-0.4, -0.2) is 24.8 Å². The van der Waals surface area contributed by atoms with Crippen LogP contribution < -0.4 is 5.32 Å². The zero-order chi connectivity index (χ0) is 12.4. The van der Waals surface area contributed by atoms with E-state index in [9.17, 15) is 0 Å². The van der Waals surface area contributed by atoms with Crippen LogP contribution in [0.4, 0.5) is 0 Å². The Balaban J connectivity index is 1.48. The van der Waals surface area contributed by atoms with E-state index in [1.165, 1.54) is 57.8 Å². The van der Waals surface area contributed by atoms with E-state index in [1.807, 2.05) is 0 Å². The van der Waals surface area contributed by atoms with Crippen molar-refractivity contribution in [1.29, 1.82) is 0 Å². The molecule has 0 aromatic rings. The number of ether oxygens (including phenoxy) is 1. The predicted molar refractivity (Wildman–Crippen MR) is 74.7 cm³/mol. The summed E-state index contributed by atoms with van der Waals surface area (Å²) in [5.41, 5.74) is 0. The van der Waals surface area contributed by atoms with Gasteiger partial charge in [-0.25, -0.2) is 0 Å². The summed E-state index contributed by atoms with van der Waals surface area (Å²) in [6, 6.07) is 1.53. The van der Waals surface area contributed by atoms with Crippen LogP contribution in [0.3, 0.4) is 0 Å². The van der Waals surface area contributed by atoms with E-state index in [0.29, 0.717) is 6.10 Å². The van der Waals surface area contributed by atoms with Gasteiger partial charge in [0.15, 0.2) is 0 Å². The third kappa shape index (κ3) is 3.08. The number of hydrogen-bond donors (Lipinski definition) is 1. The molecule has 2 aliphatic carbocycles. The van der Waals surface area contributed by atoms with Crippen molar-refractivity contribution in [3.8, 4) is 0 Å². The van der Waals surface area contributed by atoms with Crippen LogP contribution in [0, 0.1) is 11.8 Å². The molecule has 1 N–H and O–H groups in total. The van der Waals surface area contributed by atoms with E-state index in [1.54, 1.807) is 0 Å². The van der Waals surface area contributed by atoms with Gasteiger partial charge in [0.25, 0.3) is 0 Å². The third-order valence-electron chi connectivity index (χ3n) is 5.50. The molecule has 18 heavy (non-hydrogen) atoms. The maximum Gasteiger partial charge on any atom is 0.0561 e. The predicted octanol–water partition coefficient (Wildman–Crippen LogP) is 3.50.